The Morgan fingerprint density at radius 1 is 1.36 bits per heavy atom. The summed E-state index contributed by atoms with van der Waals surface area (Å²) in [7, 11) is 0. The first kappa shape index (κ1) is 19.9. The average molecular weight is 378 g/mol. The quantitative estimate of drug-likeness (QED) is 0.737. The molecule has 1 aliphatic carbocycles. The van der Waals surface area contributed by atoms with Gasteiger partial charge in [-0.05, 0) is 60.8 Å². The average Bonchev–Trinajstić information content (AvgIpc) is 2.70. The predicted octanol–water partition coefficient (Wildman–Crippen LogP) is 2.69. The molecule has 0 aromatic heterocycles. The van der Waals surface area contributed by atoms with Crippen LogP contribution in [0.4, 0.5) is 10.1 Å². The molecule has 5 heteroatoms. The van der Waals surface area contributed by atoms with Gasteiger partial charge < -0.3 is 16.4 Å². The highest BCUT2D eigenvalue weighted by Gasteiger charge is 2.19. The number of benzene rings is 1. The highest BCUT2D eigenvalue weighted by atomic mass is 19.1. The van der Waals surface area contributed by atoms with E-state index >= 15 is 0 Å². The Balaban J connectivity index is 1.99. The maximum Gasteiger partial charge on any atom is 0.123 e. The van der Waals surface area contributed by atoms with Crippen molar-refractivity contribution in [1.29, 1.82) is 5.26 Å². The van der Waals surface area contributed by atoms with E-state index in [1.165, 1.54) is 0 Å². The molecule has 4 N–H and O–H groups in total. The van der Waals surface area contributed by atoms with Crippen molar-refractivity contribution in [2.24, 2.45) is 5.73 Å². The van der Waals surface area contributed by atoms with E-state index in [-0.39, 0.29) is 18.2 Å². The minimum atomic E-state index is -0.297. The summed E-state index contributed by atoms with van der Waals surface area (Å²) in [6, 6.07) is 6.53. The smallest absolute Gasteiger partial charge is 0.123 e. The molecule has 1 aromatic rings. The molecule has 0 amide bonds. The second kappa shape index (κ2) is 9.38. The van der Waals surface area contributed by atoms with E-state index in [4.69, 9.17) is 11.0 Å². The summed E-state index contributed by atoms with van der Waals surface area (Å²) in [5, 5.41) is 17.7. The lowest BCUT2D eigenvalue weighted by Crippen LogP contribution is -2.38. The minimum absolute atomic E-state index is 0.0696. The molecular formula is C23H27FN4. The Labute approximate surface area is 165 Å². The fourth-order valence-corrected chi connectivity index (χ4v) is 3.86. The van der Waals surface area contributed by atoms with Gasteiger partial charge >= 0.3 is 0 Å². The predicted molar refractivity (Wildman–Crippen MR) is 113 cm³/mol. The number of nitriles is 1. The molecule has 0 saturated carbocycles. The van der Waals surface area contributed by atoms with Gasteiger partial charge in [-0.2, -0.15) is 5.26 Å². The summed E-state index contributed by atoms with van der Waals surface area (Å²) in [4.78, 5) is 0. The van der Waals surface area contributed by atoms with Gasteiger partial charge in [0.15, 0.2) is 0 Å². The molecule has 1 aromatic carbocycles. The molecule has 0 radical (unpaired) electrons. The standard InChI is InChI=1S/C23H27FN4/c1-2-3-18-12-19(17-5-4-16(6-9-25)22(24)13-17)14-23(21(18)15-26)28-20-7-10-27-11-8-20/h2-4,12-15,17,20,27-28H,1,5-8,10-11,26H2/b18-3-,21-15+. The van der Waals surface area contributed by atoms with Gasteiger partial charge in [-0.25, -0.2) is 4.39 Å². The molecule has 1 atom stereocenters. The zero-order valence-corrected chi connectivity index (χ0v) is 16.0. The number of nitrogens with one attached hydrogen (secondary N) is 2. The third-order valence-corrected chi connectivity index (χ3v) is 5.37. The summed E-state index contributed by atoms with van der Waals surface area (Å²) in [6.07, 6.45) is 11.6. The summed E-state index contributed by atoms with van der Waals surface area (Å²) in [5.74, 6) is -0.366. The molecule has 1 saturated heterocycles. The first-order valence-corrected chi connectivity index (χ1v) is 9.75. The second-order valence-electron chi connectivity index (χ2n) is 7.23. The Kier molecular flexibility index (Phi) is 6.67. The number of hydrogen-bond donors (Lipinski definition) is 3. The maximum atomic E-state index is 14.4. The van der Waals surface area contributed by atoms with Crippen LogP contribution in [-0.2, 0) is 0 Å². The number of anilines is 1. The van der Waals surface area contributed by atoms with E-state index in [9.17, 15) is 4.39 Å². The van der Waals surface area contributed by atoms with Crippen LogP contribution in [0.15, 0.2) is 48.3 Å². The van der Waals surface area contributed by atoms with Crippen LogP contribution in [0, 0.1) is 11.3 Å². The van der Waals surface area contributed by atoms with Crippen LogP contribution >= 0.6 is 0 Å². The number of nitrogens with two attached hydrogens (primary N) is 1. The number of halogens is 1. The molecule has 3 rings (SSSR count). The molecule has 4 nitrogen and oxygen atoms in total. The van der Waals surface area contributed by atoms with Gasteiger partial charge in [0.1, 0.15) is 5.83 Å². The van der Waals surface area contributed by atoms with Gasteiger partial charge in [-0.1, -0.05) is 30.9 Å². The minimum Gasteiger partial charge on any atom is -0.404 e. The zero-order valence-electron chi connectivity index (χ0n) is 16.0. The highest BCUT2D eigenvalue weighted by molar-refractivity contribution is 5.56. The van der Waals surface area contributed by atoms with Crippen molar-refractivity contribution in [1.82, 2.24) is 5.32 Å². The first-order valence-electron chi connectivity index (χ1n) is 9.75. The fourth-order valence-electron chi connectivity index (χ4n) is 3.86. The number of rotatable bonds is 5. The van der Waals surface area contributed by atoms with Crippen LogP contribution in [0.25, 0.3) is 12.3 Å². The van der Waals surface area contributed by atoms with Gasteiger partial charge in [0.25, 0.3) is 0 Å². The van der Waals surface area contributed by atoms with Crippen molar-refractivity contribution in [2.45, 2.75) is 37.6 Å². The van der Waals surface area contributed by atoms with Crippen LogP contribution in [-0.4, -0.2) is 19.1 Å². The van der Waals surface area contributed by atoms with Crippen LogP contribution in [0.3, 0.4) is 0 Å². The summed E-state index contributed by atoms with van der Waals surface area (Å²) >= 11 is 0. The van der Waals surface area contributed by atoms with E-state index in [0.717, 1.165) is 47.6 Å². The summed E-state index contributed by atoms with van der Waals surface area (Å²) in [5.41, 5.74) is 8.43. The Hall–Kier alpha value is -2.84. The lowest BCUT2D eigenvalue weighted by atomic mass is 9.88. The van der Waals surface area contributed by atoms with Gasteiger partial charge in [0, 0.05) is 29.1 Å². The molecule has 1 unspecified atom stereocenters. The summed E-state index contributed by atoms with van der Waals surface area (Å²) < 4.78 is 14.4. The largest absolute Gasteiger partial charge is 0.404 e. The molecule has 1 aliphatic heterocycles. The molecule has 28 heavy (non-hydrogen) atoms. The third-order valence-electron chi connectivity index (χ3n) is 5.37. The van der Waals surface area contributed by atoms with Crippen molar-refractivity contribution in [3.8, 4) is 6.07 Å². The fraction of sp³-hybridized carbons (Fsp3) is 0.348. The van der Waals surface area contributed by atoms with Gasteiger partial charge in [0.2, 0.25) is 0 Å². The lowest BCUT2D eigenvalue weighted by Gasteiger charge is -2.26. The summed E-state index contributed by atoms with van der Waals surface area (Å²) in [6.45, 7) is 5.80. The second-order valence-corrected chi connectivity index (χ2v) is 7.23. The van der Waals surface area contributed by atoms with E-state index in [0.29, 0.717) is 18.0 Å². The van der Waals surface area contributed by atoms with E-state index in [2.05, 4.69) is 23.3 Å². The molecule has 0 spiro atoms. The molecular weight excluding hydrogens is 351 g/mol. The van der Waals surface area contributed by atoms with Gasteiger partial charge in [-0.3, -0.25) is 0 Å². The van der Waals surface area contributed by atoms with Crippen LogP contribution in [0.2, 0.25) is 0 Å². The topological polar surface area (TPSA) is 73.9 Å². The van der Waals surface area contributed by atoms with Crippen molar-refractivity contribution < 1.29 is 4.39 Å². The third kappa shape index (κ3) is 4.52. The van der Waals surface area contributed by atoms with Gasteiger partial charge in [0.05, 0.1) is 12.5 Å². The van der Waals surface area contributed by atoms with E-state index in [1.54, 1.807) is 18.4 Å². The van der Waals surface area contributed by atoms with Crippen molar-refractivity contribution in [3.05, 3.63) is 64.3 Å². The molecule has 1 heterocycles. The van der Waals surface area contributed by atoms with Crippen molar-refractivity contribution in [3.63, 3.8) is 0 Å². The number of piperidine rings is 1. The maximum absolute atomic E-state index is 14.4. The molecule has 1 fully saturated rings. The highest BCUT2D eigenvalue weighted by Crippen LogP contribution is 2.32. The molecule has 2 aliphatic rings. The monoisotopic (exact) mass is 378 g/mol. The first-order chi connectivity index (χ1) is 13.7. The number of hydrogen-bond acceptors (Lipinski definition) is 4. The van der Waals surface area contributed by atoms with Crippen LogP contribution in [0.5, 0.6) is 0 Å². The Morgan fingerprint density at radius 2 is 2.14 bits per heavy atom. The Bertz CT molecular complexity index is 946. The zero-order chi connectivity index (χ0) is 19.9. The van der Waals surface area contributed by atoms with E-state index < -0.39 is 0 Å². The van der Waals surface area contributed by atoms with Crippen LogP contribution in [0.1, 0.15) is 37.2 Å². The van der Waals surface area contributed by atoms with Gasteiger partial charge in [-0.15, -0.1) is 0 Å². The van der Waals surface area contributed by atoms with E-state index in [1.807, 2.05) is 24.3 Å². The van der Waals surface area contributed by atoms with Crippen LogP contribution < -0.4 is 26.8 Å². The SMILES string of the molecule is C=C/C=c1/cc(C2C=C(F)C(CC#N)=CC2)cc(NC2CCNCC2)/c1=C/N. The number of nitrogens with zero attached hydrogens (tertiary/aromatic N) is 1. The number of allylic oxidation sites excluding steroid dienone is 5. The van der Waals surface area contributed by atoms with Crippen molar-refractivity contribution >= 4 is 18.0 Å². The Morgan fingerprint density at radius 3 is 2.79 bits per heavy atom. The van der Waals surface area contributed by atoms with Crippen molar-refractivity contribution in [2.75, 3.05) is 18.4 Å². The lowest BCUT2D eigenvalue weighted by molar-refractivity contribution is 0.479. The normalized spacial score (nSPS) is 21.6. The molecule has 0 bridgehead atoms. The molecule has 146 valence electrons.